The molecule has 62 heavy (non-hydrogen) atoms. The number of rotatable bonds is 23. The van der Waals surface area contributed by atoms with Crippen LogP contribution in [-0.4, -0.2) is 96.8 Å². The van der Waals surface area contributed by atoms with Crippen LogP contribution in [0.4, 0.5) is 24.7 Å². The number of carboxylic acid groups (broad SMARTS) is 1. The molecule has 0 saturated carbocycles. The van der Waals surface area contributed by atoms with Crippen molar-refractivity contribution in [3.05, 3.63) is 53.2 Å². The smallest absolute Gasteiger partial charge is 0.433 e. The number of carbonyl (C=O) groups is 4. The van der Waals surface area contributed by atoms with Gasteiger partial charge in [-0.15, -0.1) is 0 Å². The summed E-state index contributed by atoms with van der Waals surface area (Å²) >= 11 is 0. The van der Waals surface area contributed by atoms with E-state index in [2.05, 4.69) is 31.7 Å². The van der Waals surface area contributed by atoms with Gasteiger partial charge in [0.15, 0.2) is 5.96 Å². The van der Waals surface area contributed by atoms with E-state index >= 15 is 0 Å². The van der Waals surface area contributed by atoms with E-state index in [9.17, 15) is 37.5 Å². The van der Waals surface area contributed by atoms with E-state index in [1.54, 1.807) is 30.0 Å². The minimum Gasteiger partial charge on any atom is -0.480 e. The van der Waals surface area contributed by atoms with Crippen molar-refractivity contribution in [1.82, 2.24) is 15.6 Å². The summed E-state index contributed by atoms with van der Waals surface area (Å²) in [5.41, 5.74) is 17.2. The number of aromatic nitrogens is 1. The highest BCUT2D eigenvalue weighted by Gasteiger charge is 2.37. The molecule has 1 aromatic carbocycles. The van der Waals surface area contributed by atoms with Crippen LogP contribution in [0.5, 0.6) is 0 Å². The fraction of sp³-hybridized carbons (Fsp3) is 0.581. The first-order chi connectivity index (χ1) is 29.5. The van der Waals surface area contributed by atoms with Gasteiger partial charge >= 0.3 is 12.1 Å². The molecule has 338 valence electrons. The van der Waals surface area contributed by atoms with Crippen LogP contribution in [0.25, 0.3) is 0 Å². The monoisotopic (exact) mass is 867 g/mol. The van der Waals surface area contributed by atoms with Gasteiger partial charge in [-0.3, -0.25) is 24.4 Å². The van der Waals surface area contributed by atoms with Gasteiger partial charge < -0.3 is 42.7 Å². The molecule has 4 rings (SSSR count). The average Bonchev–Trinajstić information content (AvgIpc) is 3.73. The van der Waals surface area contributed by atoms with Crippen LogP contribution in [0.3, 0.4) is 0 Å². The molecule has 2 amide bonds. The topological polar surface area (TPSA) is 259 Å². The van der Waals surface area contributed by atoms with Crippen molar-refractivity contribution in [1.29, 1.82) is 5.26 Å². The number of piperidine rings is 1. The summed E-state index contributed by atoms with van der Waals surface area (Å²) in [5, 5.41) is 24.2. The highest BCUT2D eigenvalue weighted by Crippen LogP contribution is 2.36. The number of amides is 2. The van der Waals surface area contributed by atoms with E-state index < -0.39 is 41.7 Å². The summed E-state index contributed by atoms with van der Waals surface area (Å²) in [6, 6.07) is 9.99. The number of pyridine rings is 1. The predicted octanol–water partition coefficient (Wildman–Crippen LogP) is 4.04. The fourth-order valence-electron chi connectivity index (χ4n) is 7.90. The maximum Gasteiger partial charge on any atom is 0.433 e. The molecule has 0 unspecified atom stereocenters. The van der Waals surface area contributed by atoms with E-state index in [0.29, 0.717) is 101 Å². The molecule has 2 aromatic rings. The molecular formula is C43H60F3N11O5. The van der Waals surface area contributed by atoms with Gasteiger partial charge in [-0.05, 0) is 107 Å². The van der Waals surface area contributed by atoms with Crippen LogP contribution in [0.2, 0.25) is 0 Å². The molecule has 16 nitrogen and oxygen atoms in total. The van der Waals surface area contributed by atoms with Crippen molar-refractivity contribution in [2.45, 2.75) is 109 Å². The Labute approximate surface area is 360 Å². The first-order valence-corrected chi connectivity index (χ1v) is 21.3. The Kier molecular flexibility index (Phi) is 18.8. The quantitative estimate of drug-likeness (QED) is 0.0526. The lowest BCUT2D eigenvalue weighted by Crippen LogP contribution is -2.44. The SMILES string of the molecule is CC(N)=NCCC[C@H](NC(=O)[C@H](CCCN=C(N)N)CC(=O)CCCC1CCN(c2cc(N3CCC[C@H]3C(=O)NCCc3ccc(C#N)cc3)nc(C(F)(F)F)c2)CC1)C(=O)O. The number of ketones is 1. The fourth-order valence-corrected chi connectivity index (χ4v) is 7.90. The van der Waals surface area contributed by atoms with Gasteiger partial charge in [0, 0.05) is 69.8 Å². The van der Waals surface area contributed by atoms with Gasteiger partial charge in [0.2, 0.25) is 11.8 Å². The number of nitriles is 1. The zero-order valence-corrected chi connectivity index (χ0v) is 35.3. The van der Waals surface area contributed by atoms with Gasteiger partial charge in [0.05, 0.1) is 17.5 Å². The molecule has 0 spiro atoms. The standard InChI is InChI=1S/C43H60F3N11O5/c1-28(48)51-18-4-9-35(41(61)62)54-39(59)32(7-3-19-53-42(49)50)24-34(58)8-2-6-29-16-22-56(23-17-29)33-25-37(43(44,45)46)55-38(26-33)57-21-5-10-36(57)40(60)52-20-15-30-11-13-31(27-47)14-12-30/h11-14,25-26,29,32,35-36H,2-10,15-24H2,1H3,(H2,48,51)(H,52,60)(H,54,59)(H,61,62)(H4,49,50,53)/t32-,35+,36+/m1/s1. The minimum atomic E-state index is -4.70. The van der Waals surface area contributed by atoms with E-state index in [0.717, 1.165) is 18.1 Å². The van der Waals surface area contributed by atoms with Crippen molar-refractivity contribution in [2.24, 2.45) is 39.0 Å². The number of anilines is 2. The lowest BCUT2D eigenvalue weighted by atomic mass is 9.89. The number of aliphatic carboxylic acids is 1. The number of aliphatic imine (C=N–C) groups is 2. The molecule has 0 radical (unpaired) electrons. The number of Topliss-reactive ketones (excluding diaryl/α,β-unsaturated/α-hetero) is 1. The molecule has 1 aromatic heterocycles. The van der Waals surface area contributed by atoms with Crippen LogP contribution in [-0.2, 0) is 31.8 Å². The molecule has 3 atom stereocenters. The minimum absolute atomic E-state index is 0.0703. The molecule has 0 bridgehead atoms. The second-order valence-corrected chi connectivity index (χ2v) is 16.0. The molecule has 19 heteroatoms. The lowest BCUT2D eigenvalue weighted by molar-refractivity contribution is -0.143. The zero-order chi connectivity index (χ0) is 45.2. The van der Waals surface area contributed by atoms with Crippen molar-refractivity contribution in [2.75, 3.05) is 49.1 Å². The Morgan fingerprint density at radius 1 is 0.984 bits per heavy atom. The van der Waals surface area contributed by atoms with Crippen molar-refractivity contribution in [3.63, 3.8) is 0 Å². The van der Waals surface area contributed by atoms with Crippen molar-refractivity contribution in [3.8, 4) is 6.07 Å². The van der Waals surface area contributed by atoms with Crippen LogP contribution < -0.4 is 37.6 Å². The average molecular weight is 868 g/mol. The number of guanidine groups is 1. The number of carboxylic acids is 1. The second-order valence-electron chi connectivity index (χ2n) is 16.0. The number of nitrogens with zero attached hydrogens (tertiary/aromatic N) is 6. The van der Waals surface area contributed by atoms with Crippen molar-refractivity contribution < 1.29 is 37.5 Å². The number of hydrogen-bond acceptors (Lipinski definition) is 10. The highest BCUT2D eigenvalue weighted by atomic mass is 19.4. The Morgan fingerprint density at radius 2 is 1.68 bits per heavy atom. The maximum atomic E-state index is 14.2. The predicted molar refractivity (Wildman–Crippen MR) is 230 cm³/mol. The Balaban J connectivity index is 1.31. The molecule has 2 aliphatic rings. The Hall–Kier alpha value is -5.93. The number of nitrogens with one attached hydrogen (secondary N) is 2. The molecule has 3 heterocycles. The number of nitrogens with two attached hydrogens (primary N) is 3. The maximum absolute atomic E-state index is 14.2. The number of halogens is 3. The zero-order valence-electron chi connectivity index (χ0n) is 35.3. The third kappa shape index (κ3) is 15.8. The van der Waals surface area contributed by atoms with E-state index in [1.807, 2.05) is 17.0 Å². The van der Waals surface area contributed by atoms with Crippen molar-refractivity contribution >= 4 is 46.9 Å². The molecular weight excluding hydrogens is 808 g/mol. The highest BCUT2D eigenvalue weighted by molar-refractivity contribution is 5.89. The first-order valence-electron chi connectivity index (χ1n) is 21.3. The number of alkyl halides is 3. The van der Waals surface area contributed by atoms with Gasteiger partial charge in [0.25, 0.3) is 0 Å². The normalized spacial score (nSPS) is 16.9. The van der Waals surface area contributed by atoms with Crippen LogP contribution in [0.1, 0.15) is 101 Å². The van der Waals surface area contributed by atoms with Crippen LogP contribution >= 0.6 is 0 Å². The van der Waals surface area contributed by atoms with E-state index in [4.69, 9.17) is 22.5 Å². The second kappa shape index (κ2) is 23.9. The Bertz CT molecular complexity index is 1920. The van der Waals surface area contributed by atoms with E-state index in [-0.39, 0.29) is 61.6 Å². The Morgan fingerprint density at radius 3 is 2.32 bits per heavy atom. The lowest BCUT2D eigenvalue weighted by Gasteiger charge is -2.35. The first kappa shape index (κ1) is 48.7. The third-order valence-electron chi connectivity index (χ3n) is 11.3. The number of amidine groups is 1. The van der Waals surface area contributed by atoms with Crippen LogP contribution in [0, 0.1) is 23.2 Å². The number of benzene rings is 1. The molecule has 2 saturated heterocycles. The summed E-state index contributed by atoms with van der Waals surface area (Å²) in [6.45, 7) is 3.91. The largest absolute Gasteiger partial charge is 0.480 e. The van der Waals surface area contributed by atoms with Gasteiger partial charge in [-0.1, -0.05) is 12.1 Å². The van der Waals surface area contributed by atoms with Gasteiger partial charge in [-0.2, -0.15) is 18.4 Å². The molecule has 0 aliphatic carbocycles. The van der Waals surface area contributed by atoms with E-state index in [1.165, 1.54) is 0 Å². The van der Waals surface area contributed by atoms with Gasteiger partial charge in [0.1, 0.15) is 29.4 Å². The number of hydrogen-bond donors (Lipinski definition) is 6. The molecule has 9 N–H and O–H groups in total. The summed E-state index contributed by atoms with van der Waals surface area (Å²) < 4.78 is 42.6. The summed E-state index contributed by atoms with van der Waals surface area (Å²) in [6.07, 6.45) is 0.982. The molecule has 2 fully saturated rings. The summed E-state index contributed by atoms with van der Waals surface area (Å²) in [4.78, 5) is 67.2. The van der Waals surface area contributed by atoms with Gasteiger partial charge in [-0.25, -0.2) is 9.78 Å². The summed E-state index contributed by atoms with van der Waals surface area (Å²) in [7, 11) is 0. The third-order valence-corrected chi connectivity index (χ3v) is 11.3. The van der Waals surface area contributed by atoms with Crippen LogP contribution in [0.15, 0.2) is 46.4 Å². The summed E-state index contributed by atoms with van der Waals surface area (Å²) in [5.74, 6) is -2.29. The molecule has 2 aliphatic heterocycles. The number of carbonyl (C=O) groups excluding carboxylic acids is 3.